The third kappa shape index (κ3) is 2.01. The zero-order valence-electron chi connectivity index (χ0n) is 9.22. The minimum atomic E-state index is 0.492. The van der Waals surface area contributed by atoms with Crippen LogP contribution in [0.4, 0.5) is 0 Å². The van der Waals surface area contributed by atoms with Crippen LogP contribution in [-0.4, -0.2) is 25.0 Å². The molecule has 0 aromatic rings. The number of nitrogens with zero attached hydrogens (tertiary/aromatic N) is 1. The second-order valence-electron chi connectivity index (χ2n) is 5.43. The lowest BCUT2D eigenvalue weighted by molar-refractivity contribution is 0.137. The van der Waals surface area contributed by atoms with Crippen molar-refractivity contribution in [2.45, 2.75) is 46.1 Å². The lowest BCUT2D eigenvalue weighted by Crippen LogP contribution is -2.37. The standard InChI is InChI=1S/C11H23N/c1-11(2,3)9-7-6-8-10(9)12(4)5/h9-10H,6-8H2,1-5H3/t9-,10+/m1/s1. The van der Waals surface area contributed by atoms with Gasteiger partial charge >= 0.3 is 0 Å². The smallest absolute Gasteiger partial charge is 0.0122 e. The van der Waals surface area contributed by atoms with Crippen molar-refractivity contribution in [2.75, 3.05) is 14.1 Å². The molecular weight excluding hydrogens is 146 g/mol. The Bertz CT molecular complexity index is 144. The van der Waals surface area contributed by atoms with Crippen LogP contribution in [0, 0.1) is 11.3 Å². The Labute approximate surface area is 77.1 Å². The van der Waals surface area contributed by atoms with E-state index < -0.39 is 0 Å². The Morgan fingerprint density at radius 1 is 1.08 bits per heavy atom. The lowest BCUT2D eigenvalue weighted by Gasteiger charge is -2.35. The highest BCUT2D eigenvalue weighted by molar-refractivity contribution is 4.89. The fourth-order valence-corrected chi connectivity index (χ4v) is 2.57. The van der Waals surface area contributed by atoms with Gasteiger partial charge in [0.1, 0.15) is 0 Å². The van der Waals surface area contributed by atoms with Crippen molar-refractivity contribution in [3.63, 3.8) is 0 Å². The largest absolute Gasteiger partial charge is 0.306 e. The predicted octanol–water partition coefficient (Wildman–Crippen LogP) is 2.76. The van der Waals surface area contributed by atoms with Crippen molar-refractivity contribution in [2.24, 2.45) is 11.3 Å². The van der Waals surface area contributed by atoms with Crippen LogP contribution in [0.15, 0.2) is 0 Å². The van der Waals surface area contributed by atoms with Crippen molar-refractivity contribution in [3.05, 3.63) is 0 Å². The van der Waals surface area contributed by atoms with Crippen LogP contribution in [-0.2, 0) is 0 Å². The highest BCUT2D eigenvalue weighted by Gasteiger charge is 2.36. The minimum absolute atomic E-state index is 0.492. The number of hydrogen-bond acceptors (Lipinski definition) is 1. The Morgan fingerprint density at radius 2 is 1.67 bits per heavy atom. The highest BCUT2D eigenvalue weighted by atomic mass is 15.1. The molecule has 0 radical (unpaired) electrons. The van der Waals surface area contributed by atoms with Crippen molar-refractivity contribution in [1.82, 2.24) is 4.90 Å². The average Bonchev–Trinajstić information content (AvgIpc) is 2.30. The summed E-state index contributed by atoms with van der Waals surface area (Å²) in [6.07, 6.45) is 4.24. The molecule has 72 valence electrons. The molecule has 12 heavy (non-hydrogen) atoms. The monoisotopic (exact) mass is 169 g/mol. The van der Waals surface area contributed by atoms with Gasteiger partial charge in [0.25, 0.3) is 0 Å². The summed E-state index contributed by atoms with van der Waals surface area (Å²) in [5.74, 6) is 0.896. The van der Waals surface area contributed by atoms with Gasteiger partial charge in [-0.25, -0.2) is 0 Å². The molecule has 0 aromatic carbocycles. The molecule has 1 nitrogen and oxygen atoms in total. The Morgan fingerprint density at radius 3 is 2.00 bits per heavy atom. The van der Waals surface area contributed by atoms with Gasteiger partial charge in [-0.15, -0.1) is 0 Å². The van der Waals surface area contributed by atoms with Gasteiger partial charge in [0.05, 0.1) is 0 Å². The SMILES string of the molecule is CN(C)[C@H]1CCC[C@H]1C(C)(C)C. The molecule has 1 saturated carbocycles. The van der Waals surface area contributed by atoms with Crippen LogP contribution in [0.25, 0.3) is 0 Å². The normalized spacial score (nSPS) is 31.5. The summed E-state index contributed by atoms with van der Waals surface area (Å²) in [6, 6.07) is 0.824. The third-order valence-electron chi connectivity index (χ3n) is 3.26. The molecule has 0 aromatic heterocycles. The number of rotatable bonds is 1. The van der Waals surface area contributed by atoms with Crippen molar-refractivity contribution in [3.8, 4) is 0 Å². The molecule has 0 bridgehead atoms. The van der Waals surface area contributed by atoms with Gasteiger partial charge in [-0.2, -0.15) is 0 Å². The minimum Gasteiger partial charge on any atom is -0.306 e. The Hall–Kier alpha value is -0.0400. The van der Waals surface area contributed by atoms with E-state index in [9.17, 15) is 0 Å². The highest BCUT2D eigenvalue weighted by Crippen LogP contribution is 2.40. The predicted molar refractivity (Wildman–Crippen MR) is 54.3 cm³/mol. The van der Waals surface area contributed by atoms with Crippen LogP contribution in [0.2, 0.25) is 0 Å². The summed E-state index contributed by atoms with van der Waals surface area (Å²) in [4.78, 5) is 2.41. The molecule has 1 aliphatic carbocycles. The average molecular weight is 169 g/mol. The van der Waals surface area contributed by atoms with E-state index in [0.717, 1.165) is 12.0 Å². The van der Waals surface area contributed by atoms with Gasteiger partial charge < -0.3 is 4.90 Å². The molecule has 0 saturated heterocycles. The molecule has 1 aliphatic rings. The van der Waals surface area contributed by atoms with E-state index in [1.54, 1.807) is 0 Å². The third-order valence-corrected chi connectivity index (χ3v) is 3.26. The van der Waals surface area contributed by atoms with E-state index in [1.165, 1.54) is 19.3 Å². The maximum atomic E-state index is 2.41. The van der Waals surface area contributed by atoms with Gasteiger partial charge in [-0.1, -0.05) is 27.2 Å². The second-order valence-corrected chi connectivity index (χ2v) is 5.43. The van der Waals surface area contributed by atoms with Crippen molar-refractivity contribution >= 4 is 0 Å². The van der Waals surface area contributed by atoms with Gasteiger partial charge in [0.15, 0.2) is 0 Å². The zero-order chi connectivity index (χ0) is 9.35. The van der Waals surface area contributed by atoms with Crippen molar-refractivity contribution < 1.29 is 0 Å². The van der Waals surface area contributed by atoms with E-state index >= 15 is 0 Å². The number of hydrogen-bond donors (Lipinski definition) is 0. The van der Waals surface area contributed by atoms with E-state index in [1.807, 2.05) is 0 Å². The van der Waals surface area contributed by atoms with E-state index in [-0.39, 0.29) is 0 Å². The van der Waals surface area contributed by atoms with Gasteiger partial charge in [0.2, 0.25) is 0 Å². The zero-order valence-corrected chi connectivity index (χ0v) is 9.22. The summed E-state index contributed by atoms with van der Waals surface area (Å²) in [5, 5.41) is 0. The van der Waals surface area contributed by atoms with E-state index in [2.05, 4.69) is 39.8 Å². The molecule has 1 rings (SSSR count). The first-order valence-corrected chi connectivity index (χ1v) is 5.09. The maximum absolute atomic E-state index is 2.41. The van der Waals surface area contributed by atoms with Crippen molar-refractivity contribution in [1.29, 1.82) is 0 Å². The molecule has 1 heteroatoms. The fourth-order valence-electron chi connectivity index (χ4n) is 2.57. The summed E-state index contributed by atoms with van der Waals surface area (Å²) in [6.45, 7) is 7.12. The van der Waals surface area contributed by atoms with Crippen LogP contribution in [0.3, 0.4) is 0 Å². The first kappa shape index (κ1) is 10.0. The molecule has 0 unspecified atom stereocenters. The van der Waals surface area contributed by atoms with Crippen LogP contribution in [0.1, 0.15) is 40.0 Å². The first-order chi connectivity index (χ1) is 5.43. The summed E-state index contributed by atoms with van der Waals surface area (Å²) >= 11 is 0. The van der Waals surface area contributed by atoms with Gasteiger partial charge in [0, 0.05) is 6.04 Å². The van der Waals surface area contributed by atoms with Crippen LogP contribution < -0.4 is 0 Å². The Balaban J connectivity index is 2.64. The molecule has 1 fully saturated rings. The van der Waals surface area contributed by atoms with Gasteiger partial charge in [-0.3, -0.25) is 0 Å². The molecule has 0 aliphatic heterocycles. The van der Waals surface area contributed by atoms with Crippen LogP contribution >= 0.6 is 0 Å². The molecule has 2 atom stereocenters. The van der Waals surface area contributed by atoms with Gasteiger partial charge in [-0.05, 0) is 38.3 Å². The summed E-state index contributed by atoms with van der Waals surface area (Å²) in [5.41, 5.74) is 0.492. The van der Waals surface area contributed by atoms with E-state index in [0.29, 0.717) is 5.41 Å². The quantitative estimate of drug-likeness (QED) is 0.583. The fraction of sp³-hybridized carbons (Fsp3) is 1.00. The topological polar surface area (TPSA) is 3.24 Å². The maximum Gasteiger partial charge on any atom is 0.0122 e. The molecule has 0 heterocycles. The summed E-state index contributed by atoms with van der Waals surface area (Å²) in [7, 11) is 4.43. The second kappa shape index (κ2) is 3.37. The summed E-state index contributed by atoms with van der Waals surface area (Å²) < 4.78 is 0. The van der Waals surface area contributed by atoms with E-state index in [4.69, 9.17) is 0 Å². The Kier molecular flexibility index (Phi) is 2.82. The molecule has 0 N–H and O–H groups in total. The lowest BCUT2D eigenvalue weighted by atomic mass is 9.77. The molecular formula is C11H23N. The van der Waals surface area contributed by atoms with Crippen LogP contribution in [0.5, 0.6) is 0 Å². The molecule has 0 amide bonds. The molecule has 0 spiro atoms. The first-order valence-electron chi connectivity index (χ1n) is 5.09.